The maximum absolute atomic E-state index is 2.50. The van der Waals surface area contributed by atoms with Crippen molar-refractivity contribution in [3.8, 4) is 0 Å². The van der Waals surface area contributed by atoms with Gasteiger partial charge >= 0.3 is 0 Å². The average molecular weight is 314 g/mol. The smallest absolute Gasteiger partial charge is 0.0673 e. The van der Waals surface area contributed by atoms with Gasteiger partial charge in [-0.15, -0.1) is 0 Å². The third-order valence-corrected chi connectivity index (χ3v) is 5.66. The summed E-state index contributed by atoms with van der Waals surface area (Å²) in [7, 11) is 0. The van der Waals surface area contributed by atoms with Crippen molar-refractivity contribution in [1.82, 2.24) is 0 Å². The molecule has 0 heterocycles. The predicted octanol–water partition coefficient (Wildman–Crippen LogP) is 6.21. The van der Waals surface area contributed by atoms with Crippen LogP contribution in [0.3, 0.4) is 0 Å². The van der Waals surface area contributed by atoms with Gasteiger partial charge in [0.1, 0.15) is 0 Å². The second-order valence-corrected chi connectivity index (χ2v) is 8.39. The van der Waals surface area contributed by atoms with Crippen LogP contribution in [0.2, 0.25) is 0 Å². The van der Waals surface area contributed by atoms with Crippen molar-refractivity contribution in [1.29, 1.82) is 0 Å². The number of rotatable bonds is 2. The Kier molecular flexibility index (Phi) is 3.19. The highest BCUT2D eigenvalue weighted by Crippen LogP contribution is 2.67. The van der Waals surface area contributed by atoms with E-state index in [0.29, 0.717) is 5.92 Å². The van der Waals surface area contributed by atoms with Gasteiger partial charge < -0.3 is 0 Å². The fourth-order valence-electron chi connectivity index (χ4n) is 4.80. The van der Waals surface area contributed by atoms with Crippen LogP contribution < -0.4 is 0 Å². The number of fused-ring (bicyclic) bond motifs is 1. The third kappa shape index (κ3) is 1.86. The van der Waals surface area contributed by atoms with Crippen molar-refractivity contribution < 1.29 is 0 Å². The Bertz CT molecular complexity index is 841. The normalized spacial score (nSPS) is 25.5. The fraction of sp³-hybridized carbons (Fsp3) is 0.333. The molecule has 0 amide bonds. The molecule has 0 aromatic heterocycles. The maximum Gasteiger partial charge on any atom is 0.0673 e. The Labute approximate surface area is 145 Å². The van der Waals surface area contributed by atoms with E-state index in [4.69, 9.17) is 0 Å². The van der Waals surface area contributed by atoms with Gasteiger partial charge in [0.15, 0.2) is 0 Å². The summed E-state index contributed by atoms with van der Waals surface area (Å²) in [6.07, 6.45) is 2.50. The number of aryl methyl sites for hydroxylation is 1. The van der Waals surface area contributed by atoms with E-state index in [-0.39, 0.29) is 10.8 Å². The average Bonchev–Trinajstić information content (AvgIpc) is 3.03. The Morgan fingerprint density at radius 2 is 1.42 bits per heavy atom. The van der Waals surface area contributed by atoms with Gasteiger partial charge in [-0.1, -0.05) is 93.9 Å². The van der Waals surface area contributed by atoms with Gasteiger partial charge in [0.2, 0.25) is 0 Å². The topological polar surface area (TPSA) is 0 Å². The molecule has 0 nitrogen and oxygen atoms in total. The number of benzene rings is 2. The largest absolute Gasteiger partial charge is 0.0724 e. The van der Waals surface area contributed by atoms with E-state index < -0.39 is 0 Å². The molecule has 0 heteroatoms. The molecule has 0 saturated carbocycles. The molecule has 3 aliphatic rings. The quantitative estimate of drug-likeness (QED) is 0.618. The third-order valence-electron chi connectivity index (χ3n) is 5.66. The molecule has 2 atom stereocenters. The number of hydrogen-bond donors (Lipinski definition) is 0. The van der Waals surface area contributed by atoms with Crippen LogP contribution in [0, 0.1) is 18.3 Å². The zero-order valence-electron chi connectivity index (χ0n) is 15.4. The lowest BCUT2D eigenvalue weighted by Gasteiger charge is -2.50. The summed E-state index contributed by atoms with van der Waals surface area (Å²) < 4.78 is 0. The van der Waals surface area contributed by atoms with Crippen LogP contribution >= 0.6 is 0 Å². The Balaban J connectivity index is 2.01. The summed E-state index contributed by atoms with van der Waals surface area (Å²) in [5, 5.41) is 0. The van der Waals surface area contributed by atoms with Crippen molar-refractivity contribution in [2.45, 2.75) is 40.0 Å². The molecular weight excluding hydrogens is 288 g/mol. The first-order chi connectivity index (χ1) is 11.4. The van der Waals surface area contributed by atoms with Crippen molar-refractivity contribution in [2.24, 2.45) is 11.3 Å². The molecule has 2 unspecified atom stereocenters. The first kappa shape index (κ1) is 15.4. The summed E-state index contributed by atoms with van der Waals surface area (Å²) in [4.78, 5) is 0. The lowest BCUT2D eigenvalue weighted by atomic mass is 9.52. The van der Waals surface area contributed by atoms with Gasteiger partial charge in [-0.3, -0.25) is 0 Å². The van der Waals surface area contributed by atoms with Crippen LogP contribution in [0.5, 0.6) is 0 Å². The van der Waals surface area contributed by atoms with E-state index in [1.807, 2.05) is 0 Å². The van der Waals surface area contributed by atoms with Crippen LogP contribution in [0.4, 0.5) is 0 Å². The van der Waals surface area contributed by atoms with Gasteiger partial charge in [0, 0.05) is 0 Å². The van der Waals surface area contributed by atoms with E-state index >= 15 is 0 Å². The van der Waals surface area contributed by atoms with E-state index in [1.54, 1.807) is 11.1 Å². The van der Waals surface area contributed by atoms with Gasteiger partial charge in [-0.05, 0) is 46.1 Å². The SMILES string of the molecule is Cc1ccc(C2(c3ccccc3)C3=CC(C)C2=C3C(C)(C)C)cc1. The van der Waals surface area contributed by atoms with Gasteiger partial charge in [-0.2, -0.15) is 0 Å². The van der Waals surface area contributed by atoms with E-state index in [0.717, 1.165) is 0 Å². The Hall–Kier alpha value is -2.08. The lowest BCUT2D eigenvalue weighted by molar-refractivity contribution is 0.448. The summed E-state index contributed by atoms with van der Waals surface area (Å²) in [5.74, 6) is 0.524. The van der Waals surface area contributed by atoms with E-state index in [1.165, 1.54) is 22.3 Å². The van der Waals surface area contributed by atoms with Crippen LogP contribution in [0.15, 0.2) is 77.4 Å². The monoisotopic (exact) mass is 314 g/mol. The molecular formula is C24H26. The Morgan fingerprint density at radius 1 is 0.833 bits per heavy atom. The minimum Gasteiger partial charge on any atom is -0.0724 e. The molecule has 3 aliphatic carbocycles. The van der Waals surface area contributed by atoms with Crippen LogP contribution in [-0.2, 0) is 5.41 Å². The standard InChI is InChI=1S/C24H26/c1-16-11-13-19(14-12-16)24(18-9-7-6-8-10-18)20-15-17(2)21(24)22(20)23(3,4)5/h6-15,17H,1-5H3. The molecule has 2 aromatic rings. The maximum atomic E-state index is 2.50. The number of hydrogen-bond acceptors (Lipinski definition) is 0. The summed E-state index contributed by atoms with van der Waals surface area (Å²) >= 11 is 0. The highest BCUT2D eigenvalue weighted by molar-refractivity contribution is 5.78. The second-order valence-electron chi connectivity index (χ2n) is 8.39. The zero-order valence-corrected chi connectivity index (χ0v) is 15.4. The molecule has 2 aromatic carbocycles. The molecule has 0 N–H and O–H groups in total. The second kappa shape index (κ2) is 4.96. The predicted molar refractivity (Wildman–Crippen MR) is 102 cm³/mol. The highest BCUT2D eigenvalue weighted by atomic mass is 14.6. The van der Waals surface area contributed by atoms with Crippen molar-refractivity contribution in [2.75, 3.05) is 0 Å². The van der Waals surface area contributed by atoms with Gasteiger partial charge in [-0.25, -0.2) is 0 Å². The zero-order chi connectivity index (χ0) is 17.1. The van der Waals surface area contributed by atoms with Gasteiger partial charge in [0.25, 0.3) is 0 Å². The molecule has 24 heavy (non-hydrogen) atoms. The molecule has 5 rings (SSSR count). The van der Waals surface area contributed by atoms with Crippen LogP contribution in [0.1, 0.15) is 44.4 Å². The van der Waals surface area contributed by atoms with E-state index in [2.05, 4.69) is 95.3 Å². The first-order valence-electron chi connectivity index (χ1n) is 8.97. The lowest BCUT2D eigenvalue weighted by Crippen LogP contribution is -2.43. The van der Waals surface area contributed by atoms with E-state index in [9.17, 15) is 0 Å². The number of allylic oxidation sites excluding steroid dienone is 4. The summed E-state index contributed by atoms with van der Waals surface area (Å²) in [6.45, 7) is 11.6. The molecule has 0 saturated heterocycles. The van der Waals surface area contributed by atoms with Crippen molar-refractivity contribution in [3.05, 3.63) is 94.1 Å². The molecule has 0 fully saturated rings. The highest BCUT2D eigenvalue weighted by Gasteiger charge is 2.58. The summed E-state index contributed by atoms with van der Waals surface area (Å²) in [6, 6.07) is 20.2. The van der Waals surface area contributed by atoms with Crippen LogP contribution in [-0.4, -0.2) is 0 Å². The minimum atomic E-state index is -0.0308. The van der Waals surface area contributed by atoms with Crippen molar-refractivity contribution in [3.63, 3.8) is 0 Å². The molecule has 0 radical (unpaired) electrons. The Morgan fingerprint density at radius 3 is 1.92 bits per heavy atom. The van der Waals surface area contributed by atoms with Gasteiger partial charge in [0.05, 0.1) is 5.41 Å². The minimum absolute atomic E-state index is 0.0308. The molecule has 0 aliphatic heterocycles. The fourth-order valence-corrected chi connectivity index (χ4v) is 4.80. The molecule has 0 spiro atoms. The molecule has 2 bridgehead atoms. The van der Waals surface area contributed by atoms with Crippen molar-refractivity contribution >= 4 is 0 Å². The summed E-state index contributed by atoms with van der Waals surface area (Å²) in [5.41, 5.74) is 9.05. The van der Waals surface area contributed by atoms with Crippen LogP contribution in [0.25, 0.3) is 0 Å². The first-order valence-corrected chi connectivity index (χ1v) is 8.97. The molecule has 122 valence electrons.